The highest BCUT2D eigenvalue weighted by atomic mass is 16.4. The van der Waals surface area contributed by atoms with E-state index >= 15 is 0 Å². The van der Waals surface area contributed by atoms with Crippen LogP contribution in [0.15, 0.2) is 61.2 Å². The van der Waals surface area contributed by atoms with E-state index in [4.69, 9.17) is 16.2 Å². The zero-order chi connectivity index (χ0) is 19.1. The van der Waals surface area contributed by atoms with Crippen LogP contribution in [0.2, 0.25) is 0 Å². The molecule has 0 amide bonds. The van der Waals surface area contributed by atoms with E-state index in [1.165, 1.54) is 18.3 Å². The number of nitrogens with zero attached hydrogens (tertiary/aromatic N) is 1. The standard InChI is InChI=1S/C19H18N4O3/c1-12(23-15-4-5-18(24)17(8-15)19(25)26)2-3-13-11-22-7-6-16(13)14(9-20)10-21/h2-11,20,23-24H,1,21H2,(H,25,26)/b3-2+,14-10+,20-9?. The Morgan fingerprint density at radius 3 is 2.73 bits per heavy atom. The van der Waals surface area contributed by atoms with Crippen LogP contribution in [0.1, 0.15) is 21.5 Å². The number of rotatable bonds is 7. The Morgan fingerprint density at radius 2 is 2.08 bits per heavy atom. The highest BCUT2D eigenvalue weighted by molar-refractivity contribution is 6.09. The number of phenols is 1. The van der Waals surface area contributed by atoms with E-state index in [2.05, 4.69) is 16.9 Å². The van der Waals surface area contributed by atoms with Crippen molar-refractivity contribution in [3.63, 3.8) is 0 Å². The number of allylic oxidation sites excluding steroid dienone is 2. The van der Waals surface area contributed by atoms with Crippen molar-refractivity contribution >= 4 is 29.5 Å². The van der Waals surface area contributed by atoms with Crippen molar-refractivity contribution in [3.05, 3.63) is 77.9 Å². The van der Waals surface area contributed by atoms with Crippen molar-refractivity contribution < 1.29 is 15.0 Å². The van der Waals surface area contributed by atoms with Crippen LogP contribution in [-0.4, -0.2) is 27.4 Å². The molecule has 132 valence electrons. The van der Waals surface area contributed by atoms with E-state index in [0.29, 0.717) is 17.0 Å². The lowest BCUT2D eigenvalue weighted by Crippen LogP contribution is -2.00. The molecule has 7 heteroatoms. The maximum Gasteiger partial charge on any atom is 0.339 e. The van der Waals surface area contributed by atoms with Gasteiger partial charge in [-0.1, -0.05) is 12.7 Å². The van der Waals surface area contributed by atoms with Gasteiger partial charge in [-0.15, -0.1) is 0 Å². The molecule has 1 aromatic carbocycles. The van der Waals surface area contributed by atoms with Crippen molar-refractivity contribution in [1.29, 1.82) is 5.41 Å². The van der Waals surface area contributed by atoms with Crippen LogP contribution < -0.4 is 11.1 Å². The molecule has 0 aliphatic rings. The van der Waals surface area contributed by atoms with Crippen molar-refractivity contribution in [2.45, 2.75) is 0 Å². The number of aromatic hydroxyl groups is 1. The Hall–Kier alpha value is -3.87. The topological polar surface area (TPSA) is 132 Å². The summed E-state index contributed by atoms with van der Waals surface area (Å²) < 4.78 is 0. The summed E-state index contributed by atoms with van der Waals surface area (Å²) in [6, 6.07) is 5.90. The lowest BCUT2D eigenvalue weighted by Gasteiger charge is -2.09. The van der Waals surface area contributed by atoms with Crippen LogP contribution in [0.25, 0.3) is 11.6 Å². The first-order valence-electron chi connectivity index (χ1n) is 7.53. The molecular weight excluding hydrogens is 332 g/mol. The molecule has 7 nitrogen and oxygen atoms in total. The summed E-state index contributed by atoms with van der Waals surface area (Å²) in [5.74, 6) is -1.53. The third-order valence-electron chi connectivity index (χ3n) is 3.49. The Morgan fingerprint density at radius 1 is 1.31 bits per heavy atom. The molecule has 0 bridgehead atoms. The van der Waals surface area contributed by atoms with E-state index in [1.807, 2.05) is 0 Å². The van der Waals surface area contributed by atoms with Gasteiger partial charge in [-0.25, -0.2) is 4.79 Å². The van der Waals surface area contributed by atoms with Crippen molar-refractivity contribution in [2.75, 3.05) is 5.32 Å². The minimum absolute atomic E-state index is 0.204. The Labute approximate surface area is 150 Å². The van der Waals surface area contributed by atoms with E-state index in [1.54, 1.807) is 36.7 Å². The summed E-state index contributed by atoms with van der Waals surface area (Å²) in [5.41, 5.74) is 8.35. The average molecular weight is 350 g/mol. The Bertz CT molecular complexity index is 917. The normalized spacial score (nSPS) is 11.3. The molecule has 0 saturated carbocycles. The lowest BCUT2D eigenvalue weighted by molar-refractivity contribution is 0.0694. The molecule has 2 rings (SSSR count). The number of benzene rings is 1. The van der Waals surface area contributed by atoms with E-state index in [0.717, 1.165) is 17.3 Å². The third-order valence-corrected chi connectivity index (χ3v) is 3.49. The minimum atomic E-state index is -1.22. The molecule has 1 heterocycles. The predicted molar refractivity (Wildman–Crippen MR) is 102 cm³/mol. The molecule has 0 spiro atoms. The van der Waals surface area contributed by atoms with Crippen molar-refractivity contribution in [2.24, 2.45) is 5.73 Å². The second-order valence-corrected chi connectivity index (χ2v) is 5.25. The van der Waals surface area contributed by atoms with Crippen LogP contribution >= 0.6 is 0 Å². The van der Waals surface area contributed by atoms with Crippen molar-refractivity contribution in [3.8, 4) is 5.75 Å². The number of carboxylic acids is 1. The highest BCUT2D eigenvalue weighted by Gasteiger charge is 2.10. The molecule has 2 aromatic rings. The fourth-order valence-corrected chi connectivity index (χ4v) is 2.22. The molecule has 0 unspecified atom stereocenters. The summed E-state index contributed by atoms with van der Waals surface area (Å²) in [5, 5.41) is 28.9. The van der Waals surface area contributed by atoms with Gasteiger partial charge in [0.1, 0.15) is 11.3 Å². The molecule has 0 saturated heterocycles. The number of aromatic nitrogens is 1. The third kappa shape index (κ3) is 4.35. The largest absolute Gasteiger partial charge is 0.507 e. The SMILES string of the molecule is C=C(/C=C/c1cnccc1/C(C=N)=C/N)Nc1ccc(O)c(C(=O)O)c1. The number of anilines is 1. The van der Waals surface area contributed by atoms with Gasteiger partial charge in [-0.2, -0.15) is 0 Å². The second-order valence-electron chi connectivity index (χ2n) is 5.25. The fraction of sp³-hybridized carbons (Fsp3) is 0. The number of hydrogen-bond acceptors (Lipinski definition) is 6. The number of pyridine rings is 1. The molecule has 0 atom stereocenters. The van der Waals surface area contributed by atoms with E-state index < -0.39 is 5.97 Å². The van der Waals surface area contributed by atoms with Gasteiger partial charge >= 0.3 is 5.97 Å². The molecule has 6 N–H and O–H groups in total. The number of carbonyl (C=O) groups is 1. The van der Waals surface area contributed by atoms with Gasteiger partial charge in [0, 0.05) is 47.3 Å². The first-order chi connectivity index (χ1) is 12.5. The molecular formula is C19H18N4O3. The summed E-state index contributed by atoms with van der Waals surface area (Å²) in [6.45, 7) is 3.86. The van der Waals surface area contributed by atoms with Gasteiger partial charge in [0.15, 0.2) is 0 Å². The Kier molecular flexibility index (Phi) is 5.89. The van der Waals surface area contributed by atoms with Crippen LogP contribution in [0.5, 0.6) is 5.75 Å². The van der Waals surface area contributed by atoms with Gasteiger partial charge in [0.25, 0.3) is 0 Å². The quantitative estimate of drug-likeness (QED) is 0.296. The molecule has 0 radical (unpaired) electrons. The van der Waals surface area contributed by atoms with Gasteiger partial charge in [0.05, 0.1) is 0 Å². The van der Waals surface area contributed by atoms with Crippen molar-refractivity contribution in [1.82, 2.24) is 4.98 Å². The molecule has 0 fully saturated rings. The number of hydrogen-bond donors (Lipinski definition) is 5. The minimum Gasteiger partial charge on any atom is -0.507 e. The smallest absolute Gasteiger partial charge is 0.339 e. The summed E-state index contributed by atoms with van der Waals surface area (Å²) in [6.07, 6.45) is 9.18. The lowest BCUT2D eigenvalue weighted by atomic mass is 10.0. The predicted octanol–water partition coefficient (Wildman–Crippen LogP) is 3.07. The van der Waals surface area contributed by atoms with E-state index in [9.17, 15) is 9.90 Å². The van der Waals surface area contributed by atoms with Crippen LogP contribution in [0.3, 0.4) is 0 Å². The average Bonchev–Trinajstić information content (AvgIpc) is 2.63. The van der Waals surface area contributed by atoms with Gasteiger partial charge < -0.3 is 26.7 Å². The van der Waals surface area contributed by atoms with E-state index in [-0.39, 0.29) is 11.3 Å². The fourth-order valence-electron chi connectivity index (χ4n) is 2.22. The summed E-state index contributed by atoms with van der Waals surface area (Å²) in [7, 11) is 0. The van der Waals surface area contributed by atoms with Gasteiger partial charge in [0.2, 0.25) is 0 Å². The number of nitrogens with one attached hydrogen (secondary N) is 2. The molecule has 0 aliphatic heterocycles. The molecule has 0 aliphatic carbocycles. The first kappa shape index (κ1) is 18.5. The van der Waals surface area contributed by atoms with Crippen LogP contribution in [-0.2, 0) is 0 Å². The first-order valence-corrected chi connectivity index (χ1v) is 7.53. The van der Waals surface area contributed by atoms with Crippen LogP contribution in [0.4, 0.5) is 5.69 Å². The zero-order valence-electron chi connectivity index (χ0n) is 13.8. The zero-order valence-corrected chi connectivity index (χ0v) is 13.8. The van der Waals surface area contributed by atoms with Crippen LogP contribution in [0, 0.1) is 5.41 Å². The maximum atomic E-state index is 11.1. The molecule has 26 heavy (non-hydrogen) atoms. The van der Waals surface area contributed by atoms with Gasteiger partial charge in [-0.3, -0.25) is 4.98 Å². The molecule has 1 aromatic heterocycles. The highest BCUT2D eigenvalue weighted by Crippen LogP contribution is 2.23. The maximum absolute atomic E-state index is 11.1. The summed E-state index contributed by atoms with van der Waals surface area (Å²) in [4.78, 5) is 15.1. The number of carboxylic acid groups (broad SMARTS) is 1. The monoisotopic (exact) mass is 350 g/mol. The second kappa shape index (κ2) is 8.29. The Balaban J connectivity index is 2.20. The van der Waals surface area contributed by atoms with Gasteiger partial charge in [-0.05, 0) is 35.9 Å². The number of nitrogens with two attached hydrogens (primary N) is 1. The summed E-state index contributed by atoms with van der Waals surface area (Å²) >= 11 is 0. The number of aromatic carboxylic acids is 1.